The van der Waals surface area contributed by atoms with E-state index in [4.69, 9.17) is 0 Å². The zero-order valence-corrected chi connectivity index (χ0v) is 10.9. The van der Waals surface area contributed by atoms with Crippen LogP contribution in [-0.2, 0) is 6.54 Å². The number of aromatic nitrogens is 2. The summed E-state index contributed by atoms with van der Waals surface area (Å²) in [6.45, 7) is 2.31. The molecule has 18 heavy (non-hydrogen) atoms. The molecule has 94 valence electrons. The number of benzene rings is 1. The molecule has 2 aromatic rings. The van der Waals surface area contributed by atoms with Gasteiger partial charge in [0, 0.05) is 12.6 Å². The molecular formula is C12H12FN3OS. The molecule has 0 aliphatic rings. The van der Waals surface area contributed by atoms with Gasteiger partial charge in [-0.1, -0.05) is 4.49 Å². The van der Waals surface area contributed by atoms with Gasteiger partial charge in [-0.2, -0.15) is 0 Å². The zero-order valence-electron chi connectivity index (χ0n) is 10.1. The van der Waals surface area contributed by atoms with E-state index in [1.54, 1.807) is 11.9 Å². The van der Waals surface area contributed by atoms with Crippen LogP contribution >= 0.6 is 11.5 Å². The van der Waals surface area contributed by atoms with Crippen molar-refractivity contribution in [3.8, 4) is 0 Å². The number of aryl methyl sites for hydroxylation is 1. The standard InChI is InChI=1S/C12H12FN3OS/c1-8-11(18-15-14-8)7-16(2)12(17)9-3-5-10(13)6-4-9/h3-6H,7H2,1-2H3. The second-order valence-corrected chi connectivity index (χ2v) is 4.79. The smallest absolute Gasteiger partial charge is 0.253 e. The third-order valence-electron chi connectivity index (χ3n) is 2.56. The quantitative estimate of drug-likeness (QED) is 0.855. The highest BCUT2D eigenvalue weighted by Gasteiger charge is 2.14. The minimum absolute atomic E-state index is 0.150. The van der Waals surface area contributed by atoms with Gasteiger partial charge in [-0.3, -0.25) is 4.79 Å². The highest BCUT2D eigenvalue weighted by atomic mass is 32.1. The van der Waals surface area contributed by atoms with Crippen LogP contribution in [0.15, 0.2) is 24.3 Å². The maximum atomic E-state index is 12.8. The summed E-state index contributed by atoms with van der Waals surface area (Å²) < 4.78 is 16.6. The molecule has 0 saturated heterocycles. The molecular weight excluding hydrogens is 253 g/mol. The largest absolute Gasteiger partial charge is 0.336 e. The Bertz CT molecular complexity index is 553. The molecule has 1 heterocycles. The van der Waals surface area contributed by atoms with Gasteiger partial charge in [0.25, 0.3) is 5.91 Å². The summed E-state index contributed by atoms with van der Waals surface area (Å²) in [5.41, 5.74) is 1.30. The van der Waals surface area contributed by atoms with Crippen LogP contribution in [0.5, 0.6) is 0 Å². The summed E-state index contributed by atoms with van der Waals surface area (Å²) in [5.74, 6) is -0.500. The second-order valence-electron chi connectivity index (χ2n) is 3.95. The molecule has 1 amide bonds. The number of hydrogen-bond donors (Lipinski definition) is 0. The normalized spacial score (nSPS) is 10.4. The number of nitrogens with zero attached hydrogens (tertiary/aromatic N) is 3. The van der Waals surface area contributed by atoms with Gasteiger partial charge in [0.2, 0.25) is 0 Å². The first-order valence-electron chi connectivity index (χ1n) is 5.37. The molecule has 0 atom stereocenters. The molecule has 2 rings (SSSR count). The molecule has 0 spiro atoms. The van der Waals surface area contributed by atoms with Gasteiger partial charge in [-0.25, -0.2) is 4.39 Å². The summed E-state index contributed by atoms with van der Waals surface area (Å²) in [6.07, 6.45) is 0. The monoisotopic (exact) mass is 265 g/mol. The Morgan fingerprint density at radius 3 is 2.61 bits per heavy atom. The summed E-state index contributed by atoms with van der Waals surface area (Å²) in [6, 6.07) is 5.51. The minimum Gasteiger partial charge on any atom is -0.336 e. The highest BCUT2D eigenvalue weighted by Crippen LogP contribution is 2.14. The predicted octanol–water partition coefficient (Wildman–Crippen LogP) is 2.26. The average molecular weight is 265 g/mol. The van der Waals surface area contributed by atoms with Gasteiger partial charge in [0.05, 0.1) is 17.1 Å². The number of hydrogen-bond acceptors (Lipinski definition) is 4. The number of carbonyl (C=O) groups is 1. The Morgan fingerprint density at radius 2 is 2.06 bits per heavy atom. The molecule has 0 unspecified atom stereocenters. The van der Waals surface area contributed by atoms with Crippen molar-refractivity contribution in [2.24, 2.45) is 0 Å². The Labute approximate surface area is 108 Å². The van der Waals surface area contributed by atoms with Crippen LogP contribution in [0.4, 0.5) is 4.39 Å². The maximum absolute atomic E-state index is 12.8. The van der Waals surface area contributed by atoms with Crippen molar-refractivity contribution in [1.29, 1.82) is 0 Å². The number of amides is 1. The van der Waals surface area contributed by atoms with Crippen LogP contribution in [0.2, 0.25) is 0 Å². The Balaban J connectivity index is 2.09. The van der Waals surface area contributed by atoms with Crippen LogP contribution in [0.1, 0.15) is 20.9 Å². The molecule has 0 N–H and O–H groups in total. The van der Waals surface area contributed by atoms with Crippen LogP contribution in [-0.4, -0.2) is 27.4 Å². The van der Waals surface area contributed by atoms with E-state index in [0.29, 0.717) is 12.1 Å². The van der Waals surface area contributed by atoms with Crippen LogP contribution < -0.4 is 0 Å². The second kappa shape index (κ2) is 5.22. The van der Waals surface area contributed by atoms with E-state index < -0.39 is 0 Å². The lowest BCUT2D eigenvalue weighted by Crippen LogP contribution is -2.26. The topological polar surface area (TPSA) is 46.1 Å². The fourth-order valence-electron chi connectivity index (χ4n) is 1.50. The van der Waals surface area contributed by atoms with Crippen LogP contribution in [0.25, 0.3) is 0 Å². The van der Waals surface area contributed by atoms with Crippen molar-refractivity contribution in [2.75, 3.05) is 7.05 Å². The molecule has 0 radical (unpaired) electrons. The lowest BCUT2D eigenvalue weighted by atomic mass is 10.2. The first-order valence-corrected chi connectivity index (χ1v) is 6.14. The Hall–Kier alpha value is -1.82. The van der Waals surface area contributed by atoms with Crippen molar-refractivity contribution in [1.82, 2.24) is 14.5 Å². The van der Waals surface area contributed by atoms with E-state index in [1.165, 1.54) is 35.8 Å². The summed E-state index contributed by atoms with van der Waals surface area (Å²) >= 11 is 1.28. The lowest BCUT2D eigenvalue weighted by Gasteiger charge is -2.16. The van der Waals surface area contributed by atoms with Crippen molar-refractivity contribution >= 4 is 17.4 Å². The summed E-state index contributed by atoms with van der Waals surface area (Å²) in [5, 5.41) is 3.89. The molecule has 0 saturated carbocycles. The molecule has 1 aromatic heterocycles. The average Bonchev–Trinajstić information content (AvgIpc) is 2.75. The van der Waals surface area contributed by atoms with E-state index in [2.05, 4.69) is 9.59 Å². The number of halogens is 1. The van der Waals surface area contributed by atoms with Gasteiger partial charge in [-0.05, 0) is 42.7 Å². The fraction of sp³-hybridized carbons (Fsp3) is 0.250. The molecule has 0 bridgehead atoms. The summed E-state index contributed by atoms with van der Waals surface area (Å²) in [7, 11) is 1.70. The zero-order chi connectivity index (χ0) is 13.1. The Morgan fingerprint density at radius 1 is 1.39 bits per heavy atom. The van der Waals surface area contributed by atoms with E-state index >= 15 is 0 Å². The first kappa shape index (κ1) is 12.6. The van der Waals surface area contributed by atoms with Crippen LogP contribution in [0, 0.1) is 12.7 Å². The van der Waals surface area contributed by atoms with Gasteiger partial charge in [-0.15, -0.1) is 5.10 Å². The molecule has 0 aliphatic carbocycles. The van der Waals surface area contributed by atoms with Gasteiger partial charge >= 0.3 is 0 Å². The van der Waals surface area contributed by atoms with Crippen molar-refractivity contribution in [3.63, 3.8) is 0 Å². The third-order valence-corrected chi connectivity index (χ3v) is 3.37. The molecule has 1 aromatic carbocycles. The van der Waals surface area contributed by atoms with Crippen molar-refractivity contribution in [2.45, 2.75) is 13.5 Å². The first-order chi connectivity index (χ1) is 8.58. The molecule has 0 fully saturated rings. The van der Waals surface area contributed by atoms with Gasteiger partial charge in [0.15, 0.2) is 0 Å². The molecule has 4 nitrogen and oxygen atoms in total. The third kappa shape index (κ3) is 2.70. The summed E-state index contributed by atoms with van der Waals surface area (Å²) in [4.78, 5) is 14.6. The number of rotatable bonds is 3. The minimum atomic E-state index is -0.350. The van der Waals surface area contributed by atoms with E-state index in [1.807, 2.05) is 6.92 Å². The van der Waals surface area contributed by atoms with Crippen molar-refractivity contribution in [3.05, 3.63) is 46.2 Å². The SMILES string of the molecule is Cc1nnsc1CN(C)C(=O)c1ccc(F)cc1. The molecule has 6 heteroatoms. The van der Waals surface area contributed by atoms with Crippen LogP contribution in [0.3, 0.4) is 0 Å². The van der Waals surface area contributed by atoms with Gasteiger partial charge < -0.3 is 4.90 Å². The fourth-order valence-corrected chi connectivity index (χ4v) is 2.18. The molecule has 0 aliphatic heterocycles. The lowest BCUT2D eigenvalue weighted by molar-refractivity contribution is 0.0786. The Kier molecular flexibility index (Phi) is 3.66. The highest BCUT2D eigenvalue weighted by molar-refractivity contribution is 7.05. The van der Waals surface area contributed by atoms with E-state index in [0.717, 1.165) is 10.6 Å². The van der Waals surface area contributed by atoms with Crippen molar-refractivity contribution < 1.29 is 9.18 Å². The van der Waals surface area contributed by atoms with E-state index in [-0.39, 0.29) is 11.7 Å². The van der Waals surface area contributed by atoms with Gasteiger partial charge in [0.1, 0.15) is 5.82 Å². The maximum Gasteiger partial charge on any atom is 0.253 e. The van der Waals surface area contributed by atoms with E-state index in [9.17, 15) is 9.18 Å². The predicted molar refractivity (Wildman–Crippen MR) is 66.8 cm³/mol. The number of carbonyl (C=O) groups excluding carboxylic acids is 1.